The lowest BCUT2D eigenvalue weighted by atomic mass is 9.93. The first-order chi connectivity index (χ1) is 16.8. The number of esters is 2. The van der Waals surface area contributed by atoms with Crippen LogP contribution in [-0.4, -0.2) is 49.0 Å². The summed E-state index contributed by atoms with van der Waals surface area (Å²) in [6, 6.07) is 18.6. The second-order valence-electron chi connectivity index (χ2n) is 9.13. The van der Waals surface area contributed by atoms with Crippen molar-refractivity contribution in [1.29, 1.82) is 0 Å². The SMILES string of the molecule is CC(=O)OC[C@@H]1N=C(C(C)(C)C2=N[C@@H](COC(C)=O)[C@H](c3ccccc3)O2)O[C@H]1c1ccccc1. The largest absolute Gasteiger partial charge is 0.470 e. The molecule has 0 aromatic heterocycles. The Bertz CT molecular complexity index is 1030. The van der Waals surface area contributed by atoms with Crippen LogP contribution >= 0.6 is 0 Å². The number of hydrogen-bond acceptors (Lipinski definition) is 8. The van der Waals surface area contributed by atoms with Gasteiger partial charge in [0.25, 0.3) is 0 Å². The minimum atomic E-state index is -0.810. The lowest BCUT2D eigenvalue weighted by Crippen LogP contribution is -2.34. The van der Waals surface area contributed by atoms with Crippen molar-refractivity contribution >= 4 is 23.7 Å². The summed E-state index contributed by atoms with van der Waals surface area (Å²) in [6.45, 7) is 6.80. The molecule has 0 saturated heterocycles. The molecular weight excluding hydrogens is 448 g/mol. The number of hydrogen-bond donors (Lipinski definition) is 0. The van der Waals surface area contributed by atoms with Crippen molar-refractivity contribution in [2.24, 2.45) is 15.4 Å². The average molecular weight is 479 g/mol. The predicted molar refractivity (Wildman–Crippen MR) is 130 cm³/mol. The molecule has 2 aromatic carbocycles. The first-order valence-electron chi connectivity index (χ1n) is 11.6. The molecule has 0 unspecified atom stereocenters. The molecule has 35 heavy (non-hydrogen) atoms. The number of ether oxygens (including phenoxy) is 4. The molecule has 8 heteroatoms. The number of rotatable bonds is 8. The van der Waals surface area contributed by atoms with E-state index in [2.05, 4.69) is 0 Å². The van der Waals surface area contributed by atoms with Crippen molar-refractivity contribution < 1.29 is 28.5 Å². The minimum Gasteiger partial charge on any atom is -0.470 e. The van der Waals surface area contributed by atoms with E-state index >= 15 is 0 Å². The third kappa shape index (κ3) is 5.53. The van der Waals surface area contributed by atoms with E-state index in [4.69, 9.17) is 28.9 Å². The Morgan fingerprint density at radius 2 is 1.11 bits per heavy atom. The maximum Gasteiger partial charge on any atom is 0.302 e. The Morgan fingerprint density at radius 1 is 0.743 bits per heavy atom. The highest BCUT2D eigenvalue weighted by atomic mass is 16.6. The lowest BCUT2D eigenvalue weighted by Gasteiger charge is -2.26. The summed E-state index contributed by atoms with van der Waals surface area (Å²) >= 11 is 0. The number of benzene rings is 2. The molecule has 0 bridgehead atoms. The molecule has 2 aliphatic heterocycles. The van der Waals surface area contributed by atoms with Gasteiger partial charge in [-0.15, -0.1) is 0 Å². The van der Waals surface area contributed by atoms with Gasteiger partial charge in [-0.05, 0) is 25.0 Å². The van der Waals surface area contributed by atoms with E-state index in [9.17, 15) is 9.59 Å². The summed E-state index contributed by atoms with van der Waals surface area (Å²) in [5, 5.41) is 0. The molecule has 0 radical (unpaired) electrons. The van der Waals surface area contributed by atoms with Crippen LogP contribution in [0, 0.1) is 5.41 Å². The number of carbonyl (C=O) groups is 2. The van der Waals surface area contributed by atoms with E-state index in [1.165, 1.54) is 13.8 Å². The molecule has 2 aromatic rings. The Kier molecular flexibility index (Phi) is 7.19. The topological polar surface area (TPSA) is 95.8 Å². The van der Waals surface area contributed by atoms with Crippen LogP contribution in [0.3, 0.4) is 0 Å². The second kappa shape index (κ2) is 10.3. The fraction of sp³-hybridized carbons (Fsp3) is 0.407. The summed E-state index contributed by atoms with van der Waals surface area (Å²) < 4.78 is 23.3. The highest BCUT2D eigenvalue weighted by Crippen LogP contribution is 2.40. The van der Waals surface area contributed by atoms with Crippen LogP contribution in [0.1, 0.15) is 51.0 Å². The molecule has 0 spiro atoms. The van der Waals surface area contributed by atoms with Gasteiger partial charge < -0.3 is 18.9 Å². The monoisotopic (exact) mass is 478 g/mol. The molecule has 0 N–H and O–H groups in total. The van der Waals surface area contributed by atoms with Crippen molar-refractivity contribution in [3.05, 3.63) is 71.8 Å². The molecule has 0 amide bonds. The second-order valence-corrected chi connectivity index (χ2v) is 9.13. The van der Waals surface area contributed by atoms with Crippen LogP contribution in [-0.2, 0) is 28.5 Å². The normalized spacial score (nSPS) is 23.5. The lowest BCUT2D eigenvalue weighted by molar-refractivity contribution is -0.142. The Balaban J connectivity index is 1.61. The summed E-state index contributed by atoms with van der Waals surface area (Å²) in [7, 11) is 0. The molecule has 4 atom stereocenters. The van der Waals surface area contributed by atoms with Gasteiger partial charge in [-0.3, -0.25) is 9.59 Å². The van der Waals surface area contributed by atoms with Gasteiger partial charge in [-0.1, -0.05) is 60.7 Å². The zero-order valence-corrected chi connectivity index (χ0v) is 20.3. The molecular formula is C27H30N2O6. The van der Waals surface area contributed by atoms with E-state index in [1.807, 2.05) is 74.5 Å². The van der Waals surface area contributed by atoms with Crippen LogP contribution < -0.4 is 0 Å². The highest BCUT2D eigenvalue weighted by Gasteiger charge is 2.47. The summed E-state index contributed by atoms with van der Waals surface area (Å²) in [5.41, 5.74) is 1.06. The standard InChI is InChI=1S/C27H30N2O6/c1-17(30)32-15-21-23(19-11-7-5-8-12-19)34-25(28-21)27(3,4)26-29-22(16-33-18(2)31)24(35-26)20-13-9-6-10-14-20/h5-14,21-24H,15-16H2,1-4H3/t21-,22-,23-,24-/m0/s1. The Labute approximate surface area is 205 Å². The van der Waals surface area contributed by atoms with E-state index < -0.39 is 29.7 Å². The van der Waals surface area contributed by atoms with Crippen LogP contribution in [0.2, 0.25) is 0 Å². The van der Waals surface area contributed by atoms with E-state index in [0.29, 0.717) is 11.8 Å². The zero-order chi connectivity index (χ0) is 25.0. The van der Waals surface area contributed by atoms with Crippen LogP contribution in [0.4, 0.5) is 0 Å². The first-order valence-corrected chi connectivity index (χ1v) is 11.6. The van der Waals surface area contributed by atoms with Gasteiger partial charge in [-0.25, -0.2) is 9.98 Å². The van der Waals surface area contributed by atoms with Crippen LogP contribution in [0.25, 0.3) is 0 Å². The molecule has 8 nitrogen and oxygen atoms in total. The van der Waals surface area contributed by atoms with E-state index in [-0.39, 0.29) is 25.2 Å². The quantitative estimate of drug-likeness (QED) is 0.527. The average Bonchev–Trinajstić information content (AvgIpc) is 3.48. The number of carbonyl (C=O) groups excluding carboxylic acids is 2. The molecule has 0 fully saturated rings. The highest BCUT2D eigenvalue weighted by molar-refractivity contribution is 6.05. The number of aliphatic imine (C=N–C) groups is 2. The van der Waals surface area contributed by atoms with Gasteiger partial charge in [0.05, 0.1) is 0 Å². The molecule has 4 rings (SSSR count). The van der Waals surface area contributed by atoms with Crippen molar-refractivity contribution in [1.82, 2.24) is 0 Å². The molecule has 2 heterocycles. The Morgan fingerprint density at radius 3 is 1.46 bits per heavy atom. The maximum absolute atomic E-state index is 11.5. The van der Waals surface area contributed by atoms with Crippen molar-refractivity contribution in [3.63, 3.8) is 0 Å². The van der Waals surface area contributed by atoms with Crippen LogP contribution in [0.5, 0.6) is 0 Å². The predicted octanol–water partition coefficient (Wildman–Crippen LogP) is 4.22. The summed E-state index contributed by atoms with van der Waals surface area (Å²) in [6.07, 6.45) is -0.817. The fourth-order valence-corrected chi connectivity index (χ4v) is 4.12. The smallest absolute Gasteiger partial charge is 0.302 e. The van der Waals surface area contributed by atoms with Gasteiger partial charge in [0.1, 0.15) is 30.7 Å². The summed E-state index contributed by atoms with van der Waals surface area (Å²) in [4.78, 5) is 32.5. The third-order valence-corrected chi connectivity index (χ3v) is 5.98. The molecule has 0 aliphatic carbocycles. The van der Waals surface area contributed by atoms with Crippen molar-refractivity contribution in [3.8, 4) is 0 Å². The van der Waals surface area contributed by atoms with E-state index in [0.717, 1.165) is 11.1 Å². The van der Waals surface area contributed by atoms with Gasteiger partial charge in [-0.2, -0.15) is 0 Å². The molecule has 184 valence electrons. The van der Waals surface area contributed by atoms with Gasteiger partial charge in [0.2, 0.25) is 0 Å². The fourth-order valence-electron chi connectivity index (χ4n) is 4.12. The van der Waals surface area contributed by atoms with E-state index in [1.54, 1.807) is 0 Å². The molecule has 2 aliphatic rings. The van der Waals surface area contributed by atoms with Gasteiger partial charge >= 0.3 is 11.9 Å². The first kappa shape index (κ1) is 24.4. The third-order valence-electron chi connectivity index (χ3n) is 5.98. The van der Waals surface area contributed by atoms with Crippen molar-refractivity contribution in [2.75, 3.05) is 13.2 Å². The van der Waals surface area contributed by atoms with Gasteiger partial charge in [0, 0.05) is 13.8 Å². The van der Waals surface area contributed by atoms with Crippen LogP contribution in [0.15, 0.2) is 70.6 Å². The Hall–Kier alpha value is -3.68. The zero-order valence-electron chi connectivity index (χ0n) is 20.3. The maximum atomic E-state index is 11.5. The minimum absolute atomic E-state index is 0.101. The number of nitrogens with zero attached hydrogens (tertiary/aromatic N) is 2. The van der Waals surface area contributed by atoms with Crippen molar-refractivity contribution in [2.45, 2.75) is 52.0 Å². The molecule has 0 saturated carbocycles. The summed E-state index contributed by atoms with van der Waals surface area (Å²) in [5.74, 6) is 0.147. The van der Waals surface area contributed by atoms with Gasteiger partial charge in [0.15, 0.2) is 24.0 Å².